The van der Waals surface area contributed by atoms with Crippen molar-refractivity contribution in [2.24, 2.45) is 10.7 Å². The smallest absolute Gasteiger partial charge is 0.129 e. The zero-order valence-electron chi connectivity index (χ0n) is 7.97. The first kappa shape index (κ1) is 11.1. The lowest BCUT2D eigenvalue weighted by Gasteiger charge is -1.96. The van der Waals surface area contributed by atoms with Crippen LogP contribution in [-0.4, -0.2) is 18.2 Å². The normalized spacial score (nSPS) is 11.7. The minimum atomic E-state index is 0.272. The van der Waals surface area contributed by atoms with E-state index in [1.807, 2.05) is 0 Å². The van der Waals surface area contributed by atoms with Crippen LogP contribution in [0.25, 0.3) is 0 Å². The predicted molar refractivity (Wildman–Crippen MR) is 51.3 cm³/mol. The number of amidine groups is 1. The second-order valence-corrected chi connectivity index (χ2v) is 3.04. The molecule has 12 heavy (non-hydrogen) atoms. The summed E-state index contributed by atoms with van der Waals surface area (Å²) < 4.78 is 0. The maximum Gasteiger partial charge on any atom is 0.129 e. The van der Waals surface area contributed by atoms with Crippen molar-refractivity contribution in [3.63, 3.8) is 0 Å². The lowest BCUT2D eigenvalue weighted by atomic mass is 10.1. The largest absolute Gasteiger partial charge is 0.388 e. The van der Waals surface area contributed by atoms with E-state index in [0.29, 0.717) is 12.3 Å². The summed E-state index contributed by atoms with van der Waals surface area (Å²) in [5, 5.41) is 0. The van der Waals surface area contributed by atoms with Crippen LogP contribution >= 0.6 is 0 Å². The average Bonchev–Trinajstić information content (AvgIpc) is 1.95. The Balaban J connectivity index is 3.11. The minimum absolute atomic E-state index is 0.272. The monoisotopic (exact) mass is 170 g/mol. The van der Waals surface area contributed by atoms with E-state index in [1.54, 1.807) is 13.8 Å². The van der Waals surface area contributed by atoms with Crippen LogP contribution in [0.3, 0.4) is 0 Å². The Morgan fingerprint density at radius 1 is 1.25 bits per heavy atom. The number of hydrogen-bond donors (Lipinski definition) is 1. The van der Waals surface area contributed by atoms with Gasteiger partial charge >= 0.3 is 0 Å². The fourth-order valence-electron chi connectivity index (χ4n) is 0.918. The average molecular weight is 170 g/mol. The van der Waals surface area contributed by atoms with Gasteiger partial charge in [0, 0.05) is 13.0 Å². The molecular formula is C9H18N2O. The van der Waals surface area contributed by atoms with E-state index in [0.717, 1.165) is 25.8 Å². The molecule has 0 aromatic heterocycles. The Morgan fingerprint density at radius 2 is 1.92 bits per heavy atom. The highest BCUT2D eigenvalue weighted by Crippen LogP contribution is 2.00. The second-order valence-electron chi connectivity index (χ2n) is 3.04. The Bertz CT molecular complexity index is 160. The summed E-state index contributed by atoms with van der Waals surface area (Å²) in [6, 6.07) is 0. The molecule has 0 aliphatic carbocycles. The summed E-state index contributed by atoms with van der Waals surface area (Å²) in [5.41, 5.74) is 5.35. The highest BCUT2D eigenvalue weighted by molar-refractivity contribution is 5.77. The fraction of sp³-hybridized carbons (Fsp3) is 0.778. The molecule has 0 aliphatic rings. The van der Waals surface area contributed by atoms with Gasteiger partial charge in [-0.2, -0.15) is 0 Å². The van der Waals surface area contributed by atoms with Crippen molar-refractivity contribution in [2.45, 2.75) is 39.5 Å². The summed E-state index contributed by atoms with van der Waals surface area (Å²) >= 11 is 0. The number of unbranched alkanes of at least 4 members (excludes halogenated alkanes) is 2. The Labute approximate surface area is 74.1 Å². The highest BCUT2D eigenvalue weighted by atomic mass is 16.1. The lowest BCUT2D eigenvalue weighted by molar-refractivity contribution is -0.117. The van der Waals surface area contributed by atoms with Gasteiger partial charge in [-0.15, -0.1) is 0 Å². The van der Waals surface area contributed by atoms with Crippen molar-refractivity contribution in [1.82, 2.24) is 0 Å². The third kappa shape index (κ3) is 9.14. The van der Waals surface area contributed by atoms with E-state index < -0.39 is 0 Å². The molecule has 0 saturated heterocycles. The molecule has 0 rings (SSSR count). The van der Waals surface area contributed by atoms with Crippen molar-refractivity contribution < 1.29 is 4.79 Å². The molecule has 0 saturated carbocycles. The number of rotatable bonds is 6. The van der Waals surface area contributed by atoms with Gasteiger partial charge in [0.05, 0.1) is 5.84 Å². The van der Waals surface area contributed by atoms with E-state index in [9.17, 15) is 4.79 Å². The number of carbonyl (C=O) groups excluding carboxylic acids is 1. The molecule has 2 N–H and O–H groups in total. The number of carbonyl (C=O) groups is 1. The first-order valence-corrected chi connectivity index (χ1v) is 4.39. The van der Waals surface area contributed by atoms with Gasteiger partial charge in [-0.1, -0.05) is 6.42 Å². The third-order valence-electron chi connectivity index (χ3n) is 1.55. The summed E-state index contributed by atoms with van der Waals surface area (Å²) in [6.45, 7) is 4.21. The predicted octanol–water partition coefficient (Wildman–Crippen LogP) is 1.51. The number of nitrogens with zero attached hydrogens (tertiary/aromatic N) is 1. The SMILES string of the molecule is CC(=O)CCCCCN=C(C)N. The number of Topliss-reactive ketones (excluding diaryl/α,β-unsaturated/α-hetero) is 1. The second kappa shape index (κ2) is 6.83. The van der Waals surface area contributed by atoms with Gasteiger partial charge in [-0.25, -0.2) is 0 Å². The maximum absolute atomic E-state index is 10.5. The van der Waals surface area contributed by atoms with Crippen LogP contribution in [0.15, 0.2) is 4.99 Å². The van der Waals surface area contributed by atoms with E-state index in [1.165, 1.54) is 0 Å². The molecular weight excluding hydrogens is 152 g/mol. The van der Waals surface area contributed by atoms with Gasteiger partial charge < -0.3 is 10.5 Å². The number of ketones is 1. The summed E-state index contributed by atoms with van der Waals surface area (Å²) in [5.74, 6) is 0.912. The van der Waals surface area contributed by atoms with Gasteiger partial charge in [0.15, 0.2) is 0 Å². The Kier molecular flexibility index (Phi) is 6.34. The van der Waals surface area contributed by atoms with Gasteiger partial charge in [-0.3, -0.25) is 4.99 Å². The lowest BCUT2D eigenvalue weighted by Crippen LogP contribution is -2.05. The molecule has 0 aromatic carbocycles. The molecule has 0 amide bonds. The zero-order chi connectivity index (χ0) is 9.40. The molecule has 0 heterocycles. The van der Waals surface area contributed by atoms with Crippen LogP contribution in [0, 0.1) is 0 Å². The van der Waals surface area contributed by atoms with Gasteiger partial charge in [0.25, 0.3) is 0 Å². The topological polar surface area (TPSA) is 55.5 Å². The summed E-state index contributed by atoms with van der Waals surface area (Å²) in [7, 11) is 0. The summed E-state index contributed by atoms with van der Waals surface area (Å²) in [6.07, 6.45) is 3.78. The molecule has 0 bridgehead atoms. The highest BCUT2D eigenvalue weighted by Gasteiger charge is 1.92. The van der Waals surface area contributed by atoms with Crippen molar-refractivity contribution >= 4 is 11.6 Å². The molecule has 0 unspecified atom stereocenters. The Morgan fingerprint density at radius 3 is 2.42 bits per heavy atom. The molecule has 0 radical (unpaired) electrons. The van der Waals surface area contributed by atoms with Crippen LogP contribution < -0.4 is 5.73 Å². The van der Waals surface area contributed by atoms with Crippen LogP contribution in [0.2, 0.25) is 0 Å². The van der Waals surface area contributed by atoms with Crippen molar-refractivity contribution in [3.8, 4) is 0 Å². The van der Waals surface area contributed by atoms with Crippen molar-refractivity contribution in [2.75, 3.05) is 6.54 Å². The molecule has 0 atom stereocenters. The number of aliphatic imine (C=N–C) groups is 1. The van der Waals surface area contributed by atoms with Crippen LogP contribution in [0.5, 0.6) is 0 Å². The maximum atomic E-state index is 10.5. The molecule has 0 spiro atoms. The van der Waals surface area contributed by atoms with Crippen LogP contribution in [0.1, 0.15) is 39.5 Å². The number of hydrogen-bond acceptors (Lipinski definition) is 2. The quantitative estimate of drug-likeness (QED) is 0.373. The minimum Gasteiger partial charge on any atom is -0.388 e. The molecule has 3 nitrogen and oxygen atoms in total. The molecule has 70 valence electrons. The van der Waals surface area contributed by atoms with E-state index >= 15 is 0 Å². The molecule has 0 aliphatic heterocycles. The molecule has 0 fully saturated rings. The Hall–Kier alpha value is -0.860. The van der Waals surface area contributed by atoms with E-state index in [-0.39, 0.29) is 5.78 Å². The first-order chi connectivity index (χ1) is 5.63. The van der Waals surface area contributed by atoms with E-state index in [2.05, 4.69) is 4.99 Å². The van der Waals surface area contributed by atoms with E-state index in [4.69, 9.17) is 5.73 Å². The van der Waals surface area contributed by atoms with Gasteiger partial charge in [-0.05, 0) is 26.7 Å². The number of nitrogens with two attached hydrogens (primary N) is 1. The standard InChI is InChI=1S/C9H18N2O/c1-8(12)6-4-3-5-7-11-9(2)10/h3-7H2,1-2H3,(H2,10,11). The van der Waals surface area contributed by atoms with Gasteiger partial charge in [0.1, 0.15) is 5.78 Å². The molecule has 0 aromatic rings. The van der Waals surface area contributed by atoms with Crippen molar-refractivity contribution in [1.29, 1.82) is 0 Å². The zero-order valence-corrected chi connectivity index (χ0v) is 7.97. The van der Waals surface area contributed by atoms with Crippen LogP contribution in [0.4, 0.5) is 0 Å². The summed E-state index contributed by atoms with van der Waals surface area (Å²) in [4.78, 5) is 14.6. The third-order valence-corrected chi connectivity index (χ3v) is 1.55. The fourth-order valence-corrected chi connectivity index (χ4v) is 0.918. The first-order valence-electron chi connectivity index (χ1n) is 4.39. The van der Waals surface area contributed by atoms with Crippen molar-refractivity contribution in [3.05, 3.63) is 0 Å². The van der Waals surface area contributed by atoms with Gasteiger partial charge in [0.2, 0.25) is 0 Å². The molecule has 3 heteroatoms. The van der Waals surface area contributed by atoms with Crippen LogP contribution in [-0.2, 0) is 4.79 Å².